The standard InChI is InChI=1S/C21H23N5O6S/c22-20(28)18-12-17(25-26(18)15-4-2-1-3-5-15)21(29)32-13-19(27)24-11-10-14-6-8-16(9-7-14)33(23,30)31/h1-9,18H,10-13H2,(H2,22,28)(H,24,27)(H2,23,30,31). The lowest BCUT2D eigenvalue weighted by Gasteiger charge is -2.20. The molecule has 0 bridgehead atoms. The Hall–Kier alpha value is -3.77. The molecule has 0 saturated heterocycles. The van der Waals surface area contributed by atoms with E-state index in [-0.39, 0.29) is 23.6 Å². The fourth-order valence-electron chi connectivity index (χ4n) is 3.13. The number of primary amides is 1. The number of hydrogen-bond acceptors (Lipinski definition) is 8. The van der Waals surface area contributed by atoms with Crippen molar-refractivity contribution >= 4 is 39.2 Å². The van der Waals surface area contributed by atoms with Gasteiger partial charge in [0.2, 0.25) is 15.9 Å². The molecule has 0 radical (unpaired) electrons. The van der Waals surface area contributed by atoms with E-state index in [4.69, 9.17) is 15.6 Å². The van der Waals surface area contributed by atoms with E-state index in [1.807, 2.05) is 0 Å². The van der Waals surface area contributed by atoms with Crippen LogP contribution in [0.1, 0.15) is 12.0 Å². The average molecular weight is 474 g/mol. The maximum Gasteiger partial charge on any atom is 0.355 e. The molecule has 11 nitrogen and oxygen atoms in total. The first-order valence-electron chi connectivity index (χ1n) is 9.92. The average Bonchev–Trinajstić information content (AvgIpc) is 3.24. The van der Waals surface area contributed by atoms with E-state index in [0.717, 1.165) is 5.56 Å². The number of primary sulfonamides is 1. The van der Waals surface area contributed by atoms with Crippen molar-refractivity contribution in [2.45, 2.75) is 23.8 Å². The number of benzene rings is 2. The van der Waals surface area contributed by atoms with Crippen LogP contribution in [-0.4, -0.2) is 51.1 Å². The van der Waals surface area contributed by atoms with Crippen LogP contribution in [0.3, 0.4) is 0 Å². The summed E-state index contributed by atoms with van der Waals surface area (Å²) in [5, 5.41) is 13.2. The zero-order valence-corrected chi connectivity index (χ0v) is 18.3. The number of nitrogens with one attached hydrogen (secondary N) is 1. The van der Waals surface area contributed by atoms with Gasteiger partial charge in [0.15, 0.2) is 6.61 Å². The van der Waals surface area contributed by atoms with Crippen molar-refractivity contribution in [2.24, 2.45) is 16.0 Å². The number of ether oxygens (including phenoxy) is 1. The number of nitrogens with two attached hydrogens (primary N) is 2. The molecule has 174 valence electrons. The van der Waals surface area contributed by atoms with Crippen molar-refractivity contribution in [1.82, 2.24) is 5.32 Å². The Morgan fingerprint density at radius 3 is 2.36 bits per heavy atom. The molecule has 1 unspecified atom stereocenters. The van der Waals surface area contributed by atoms with Gasteiger partial charge in [-0.1, -0.05) is 30.3 Å². The lowest BCUT2D eigenvalue weighted by molar-refractivity contribution is -0.142. The molecule has 0 aliphatic carbocycles. The summed E-state index contributed by atoms with van der Waals surface area (Å²) in [6.45, 7) is -0.271. The summed E-state index contributed by atoms with van der Waals surface area (Å²) in [5.74, 6) is -1.97. The largest absolute Gasteiger partial charge is 0.451 e. The minimum atomic E-state index is -3.76. The normalized spacial score (nSPS) is 15.6. The van der Waals surface area contributed by atoms with Gasteiger partial charge in [-0.2, -0.15) is 5.10 Å². The summed E-state index contributed by atoms with van der Waals surface area (Å²) < 4.78 is 27.5. The highest BCUT2D eigenvalue weighted by atomic mass is 32.2. The molecule has 0 spiro atoms. The third kappa shape index (κ3) is 6.37. The van der Waals surface area contributed by atoms with E-state index in [2.05, 4.69) is 10.4 Å². The number of carbonyl (C=O) groups is 3. The molecule has 5 N–H and O–H groups in total. The van der Waals surface area contributed by atoms with Crippen LogP contribution in [0.4, 0.5) is 5.69 Å². The number of hydrogen-bond donors (Lipinski definition) is 3. The van der Waals surface area contributed by atoms with Crippen LogP contribution in [0.15, 0.2) is 64.6 Å². The Balaban J connectivity index is 1.48. The molecule has 0 saturated carbocycles. The number of sulfonamides is 1. The van der Waals surface area contributed by atoms with Gasteiger partial charge in [0.25, 0.3) is 5.91 Å². The molecule has 0 aromatic heterocycles. The van der Waals surface area contributed by atoms with Crippen molar-refractivity contribution < 1.29 is 27.5 Å². The van der Waals surface area contributed by atoms with Gasteiger partial charge in [-0.25, -0.2) is 18.4 Å². The zero-order valence-electron chi connectivity index (χ0n) is 17.5. The van der Waals surface area contributed by atoms with Crippen molar-refractivity contribution in [1.29, 1.82) is 0 Å². The van der Waals surface area contributed by atoms with E-state index < -0.39 is 40.5 Å². The summed E-state index contributed by atoms with van der Waals surface area (Å²) in [5.41, 5.74) is 6.81. The van der Waals surface area contributed by atoms with Crippen LogP contribution < -0.4 is 21.2 Å². The van der Waals surface area contributed by atoms with Gasteiger partial charge in [-0.15, -0.1) is 0 Å². The number of carbonyl (C=O) groups excluding carboxylic acids is 3. The van der Waals surface area contributed by atoms with Crippen LogP contribution in [0.2, 0.25) is 0 Å². The van der Waals surface area contributed by atoms with E-state index in [1.54, 1.807) is 42.5 Å². The molecular weight excluding hydrogens is 450 g/mol. The first-order chi connectivity index (χ1) is 15.6. The Labute approximate surface area is 190 Å². The van der Waals surface area contributed by atoms with Gasteiger partial charge in [-0.3, -0.25) is 14.6 Å². The van der Waals surface area contributed by atoms with Crippen LogP contribution in [0.25, 0.3) is 0 Å². The number of para-hydroxylation sites is 1. The molecule has 2 aromatic carbocycles. The van der Waals surface area contributed by atoms with Gasteiger partial charge >= 0.3 is 5.97 Å². The van der Waals surface area contributed by atoms with Crippen molar-refractivity contribution in [3.8, 4) is 0 Å². The molecule has 12 heteroatoms. The van der Waals surface area contributed by atoms with E-state index >= 15 is 0 Å². The summed E-state index contributed by atoms with van der Waals surface area (Å²) in [7, 11) is -3.76. The predicted octanol–water partition coefficient (Wildman–Crippen LogP) is -0.344. The maximum absolute atomic E-state index is 12.3. The number of hydrazone groups is 1. The van der Waals surface area contributed by atoms with E-state index in [0.29, 0.717) is 12.1 Å². The zero-order chi connectivity index (χ0) is 24.0. The van der Waals surface area contributed by atoms with Gasteiger partial charge in [0, 0.05) is 13.0 Å². The molecule has 1 heterocycles. The highest BCUT2D eigenvalue weighted by molar-refractivity contribution is 7.89. The van der Waals surface area contributed by atoms with E-state index in [1.165, 1.54) is 17.1 Å². The number of rotatable bonds is 9. The second kappa shape index (κ2) is 10.2. The fourth-order valence-corrected chi connectivity index (χ4v) is 3.65. The molecule has 3 rings (SSSR count). The van der Waals surface area contributed by atoms with Crippen LogP contribution >= 0.6 is 0 Å². The molecule has 2 aromatic rings. The number of nitrogens with zero attached hydrogens (tertiary/aromatic N) is 2. The Morgan fingerprint density at radius 2 is 1.76 bits per heavy atom. The number of amides is 2. The molecule has 1 aliphatic heterocycles. The second-order valence-electron chi connectivity index (χ2n) is 7.21. The predicted molar refractivity (Wildman–Crippen MR) is 119 cm³/mol. The number of anilines is 1. The summed E-state index contributed by atoms with van der Waals surface area (Å²) in [6.07, 6.45) is 0.406. The third-order valence-corrected chi connectivity index (χ3v) is 5.75. The lowest BCUT2D eigenvalue weighted by Crippen LogP contribution is -2.39. The van der Waals surface area contributed by atoms with Crippen LogP contribution in [0.5, 0.6) is 0 Å². The summed E-state index contributed by atoms with van der Waals surface area (Å²) in [4.78, 5) is 36.1. The summed E-state index contributed by atoms with van der Waals surface area (Å²) >= 11 is 0. The molecule has 2 amide bonds. The first-order valence-corrected chi connectivity index (χ1v) is 11.5. The SMILES string of the molecule is NC(=O)C1CC(C(=O)OCC(=O)NCCc2ccc(S(N)(=O)=O)cc2)=NN1c1ccccc1. The van der Waals surface area contributed by atoms with Gasteiger partial charge < -0.3 is 15.8 Å². The van der Waals surface area contributed by atoms with Crippen molar-refractivity contribution in [3.05, 3.63) is 60.2 Å². The molecular formula is C21H23N5O6S. The van der Waals surface area contributed by atoms with Crippen molar-refractivity contribution in [2.75, 3.05) is 18.2 Å². The van der Waals surface area contributed by atoms with Gasteiger partial charge in [0.1, 0.15) is 11.8 Å². The molecule has 1 atom stereocenters. The fraction of sp³-hybridized carbons (Fsp3) is 0.238. The maximum atomic E-state index is 12.3. The van der Waals surface area contributed by atoms with Gasteiger partial charge in [0.05, 0.1) is 10.6 Å². The van der Waals surface area contributed by atoms with Crippen LogP contribution in [-0.2, 0) is 35.6 Å². The smallest absolute Gasteiger partial charge is 0.355 e. The Morgan fingerprint density at radius 1 is 1.09 bits per heavy atom. The molecule has 33 heavy (non-hydrogen) atoms. The quantitative estimate of drug-likeness (QED) is 0.417. The Bertz CT molecular complexity index is 1170. The molecule has 0 fully saturated rings. The van der Waals surface area contributed by atoms with Gasteiger partial charge in [-0.05, 0) is 36.2 Å². The third-order valence-electron chi connectivity index (χ3n) is 4.82. The first kappa shape index (κ1) is 23.9. The highest BCUT2D eigenvalue weighted by Gasteiger charge is 2.35. The topological polar surface area (TPSA) is 174 Å². The monoisotopic (exact) mass is 473 g/mol. The highest BCUT2D eigenvalue weighted by Crippen LogP contribution is 2.24. The Kier molecular flexibility index (Phi) is 7.41. The minimum absolute atomic E-state index is 0.00132. The van der Waals surface area contributed by atoms with Crippen LogP contribution in [0, 0.1) is 0 Å². The minimum Gasteiger partial charge on any atom is -0.451 e. The number of esters is 1. The van der Waals surface area contributed by atoms with Crippen molar-refractivity contribution in [3.63, 3.8) is 0 Å². The second-order valence-corrected chi connectivity index (χ2v) is 8.78. The summed E-state index contributed by atoms with van der Waals surface area (Å²) in [6, 6.07) is 13.9. The van der Waals surface area contributed by atoms with E-state index in [9.17, 15) is 22.8 Å². The lowest BCUT2D eigenvalue weighted by atomic mass is 10.1. The molecule has 1 aliphatic rings.